The molecule has 0 radical (unpaired) electrons. The Bertz CT molecular complexity index is 782. The third-order valence-corrected chi connectivity index (χ3v) is 10.6. The number of aliphatic hydroxyl groups is 2. The van der Waals surface area contributed by atoms with Gasteiger partial charge in [0.05, 0.1) is 24.2 Å². The van der Waals surface area contributed by atoms with Crippen molar-refractivity contribution in [3.63, 3.8) is 0 Å². The normalized spacial score (nSPS) is 49.3. The van der Waals surface area contributed by atoms with Gasteiger partial charge >= 0.3 is 0 Å². The first-order valence-electron chi connectivity index (χ1n) is 12.6. The van der Waals surface area contributed by atoms with Crippen molar-refractivity contribution in [1.29, 1.82) is 0 Å². The largest absolute Gasteiger partial charge is 0.472 e. The van der Waals surface area contributed by atoms with Gasteiger partial charge in [0.15, 0.2) is 0 Å². The SMILES string of the molecule is C[C@]12CCC(OCCCN)CC1CC[C@@H]1[C@H]2CC[C@]2(C)C(O)(c3ccoc3)CC[C@@]12O. The highest BCUT2D eigenvalue weighted by atomic mass is 16.5. The van der Waals surface area contributed by atoms with Gasteiger partial charge in [-0.3, -0.25) is 0 Å². The predicted octanol–water partition coefficient (Wildman–Crippen LogP) is 4.36. The second-order valence-electron chi connectivity index (χ2n) is 11.6. The summed E-state index contributed by atoms with van der Waals surface area (Å²) in [6, 6.07) is 1.88. The van der Waals surface area contributed by atoms with E-state index in [0.717, 1.165) is 57.1 Å². The van der Waals surface area contributed by atoms with Crippen molar-refractivity contribution in [2.45, 2.75) is 95.4 Å². The summed E-state index contributed by atoms with van der Waals surface area (Å²) in [7, 11) is 0. The van der Waals surface area contributed by atoms with Crippen LogP contribution in [0.25, 0.3) is 0 Å². The Balaban J connectivity index is 1.38. The molecule has 8 atom stereocenters. The van der Waals surface area contributed by atoms with E-state index in [2.05, 4.69) is 13.8 Å². The molecule has 0 saturated heterocycles. The van der Waals surface area contributed by atoms with Crippen LogP contribution in [0.5, 0.6) is 0 Å². The van der Waals surface area contributed by atoms with E-state index in [1.54, 1.807) is 12.5 Å². The molecule has 31 heavy (non-hydrogen) atoms. The molecule has 174 valence electrons. The molecule has 1 aromatic rings. The summed E-state index contributed by atoms with van der Waals surface area (Å²) in [5.74, 6) is 1.47. The van der Waals surface area contributed by atoms with Crippen LogP contribution < -0.4 is 5.73 Å². The zero-order chi connectivity index (χ0) is 21.9. The molecule has 5 heteroatoms. The molecule has 3 unspecified atom stereocenters. The Morgan fingerprint density at radius 3 is 2.65 bits per heavy atom. The molecule has 5 rings (SSSR count). The number of nitrogens with two attached hydrogens (primary N) is 1. The lowest BCUT2D eigenvalue weighted by Gasteiger charge is -2.64. The lowest BCUT2D eigenvalue weighted by atomic mass is 9.43. The molecule has 0 aliphatic heterocycles. The van der Waals surface area contributed by atoms with Gasteiger partial charge < -0.3 is 25.1 Å². The summed E-state index contributed by atoms with van der Waals surface area (Å²) >= 11 is 0. The molecule has 5 nitrogen and oxygen atoms in total. The standard InChI is InChI=1S/C26H41NO4/c1-23-9-6-20(31-14-3-13-27)16-18(23)4-5-22-21(23)7-10-24(2)25(28,11-12-26(22,24)29)19-8-15-30-17-19/h8,15,17-18,20-22,28-29H,3-7,9-14,16,27H2,1-2H3/t18?,20?,21-,22-,23+,24-,25?,26-/m1/s1. The van der Waals surface area contributed by atoms with E-state index in [1.165, 1.54) is 6.42 Å². The summed E-state index contributed by atoms with van der Waals surface area (Å²) in [6.45, 7) is 6.11. The van der Waals surface area contributed by atoms with E-state index in [9.17, 15) is 10.2 Å². The Morgan fingerprint density at radius 1 is 1.06 bits per heavy atom. The van der Waals surface area contributed by atoms with Crippen molar-refractivity contribution >= 4 is 0 Å². The van der Waals surface area contributed by atoms with E-state index in [1.807, 2.05) is 6.07 Å². The fraction of sp³-hybridized carbons (Fsp3) is 0.846. The molecule has 0 bridgehead atoms. The maximum Gasteiger partial charge on any atom is 0.101 e. The Kier molecular flexibility index (Phi) is 5.36. The highest BCUT2D eigenvalue weighted by Gasteiger charge is 2.72. The zero-order valence-electron chi connectivity index (χ0n) is 19.3. The molecular formula is C26H41NO4. The van der Waals surface area contributed by atoms with Gasteiger partial charge in [-0.1, -0.05) is 13.8 Å². The second kappa shape index (κ2) is 7.58. The highest BCUT2D eigenvalue weighted by molar-refractivity contribution is 5.30. The fourth-order valence-corrected chi connectivity index (χ4v) is 8.65. The van der Waals surface area contributed by atoms with Gasteiger partial charge in [-0.05, 0) is 100.0 Å². The van der Waals surface area contributed by atoms with E-state index in [-0.39, 0.29) is 11.3 Å². The molecule has 4 aliphatic rings. The van der Waals surface area contributed by atoms with Crippen molar-refractivity contribution in [2.75, 3.05) is 13.2 Å². The van der Waals surface area contributed by atoms with Gasteiger partial charge in [0.2, 0.25) is 0 Å². The van der Waals surface area contributed by atoms with Gasteiger partial charge in [0.1, 0.15) is 5.60 Å². The van der Waals surface area contributed by atoms with Crippen LogP contribution >= 0.6 is 0 Å². The number of fused-ring (bicyclic) bond motifs is 5. The smallest absolute Gasteiger partial charge is 0.101 e. The third kappa shape index (κ3) is 2.96. The van der Waals surface area contributed by atoms with Gasteiger partial charge in [0, 0.05) is 17.6 Å². The molecule has 4 N–H and O–H groups in total. The average molecular weight is 432 g/mol. The number of hydrogen-bond donors (Lipinski definition) is 3. The molecule has 0 spiro atoms. The third-order valence-electron chi connectivity index (χ3n) is 10.6. The molecule has 4 fully saturated rings. The molecule has 4 aliphatic carbocycles. The molecule has 1 aromatic heterocycles. The quantitative estimate of drug-likeness (QED) is 0.603. The van der Waals surface area contributed by atoms with Crippen molar-refractivity contribution in [2.24, 2.45) is 34.3 Å². The molecule has 1 heterocycles. The summed E-state index contributed by atoms with van der Waals surface area (Å²) in [5, 5.41) is 24.1. The first-order valence-corrected chi connectivity index (χ1v) is 12.6. The van der Waals surface area contributed by atoms with Gasteiger partial charge in [-0.15, -0.1) is 0 Å². The highest BCUT2D eigenvalue weighted by Crippen LogP contribution is 2.71. The second-order valence-corrected chi connectivity index (χ2v) is 11.6. The Labute approximate surface area is 186 Å². The van der Waals surface area contributed by atoms with Gasteiger partial charge in [-0.2, -0.15) is 0 Å². The summed E-state index contributed by atoms with van der Waals surface area (Å²) < 4.78 is 11.5. The van der Waals surface area contributed by atoms with Crippen molar-refractivity contribution < 1.29 is 19.4 Å². The number of hydrogen-bond acceptors (Lipinski definition) is 5. The van der Waals surface area contributed by atoms with Crippen molar-refractivity contribution in [3.8, 4) is 0 Å². The van der Waals surface area contributed by atoms with Gasteiger partial charge in [-0.25, -0.2) is 0 Å². The Hall–Kier alpha value is -0.880. The minimum atomic E-state index is -1.01. The monoisotopic (exact) mass is 431 g/mol. The molecule has 0 amide bonds. The fourth-order valence-electron chi connectivity index (χ4n) is 8.65. The first-order chi connectivity index (χ1) is 14.8. The number of ether oxygens (including phenoxy) is 1. The maximum absolute atomic E-state index is 12.3. The zero-order valence-corrected chi connectivity index (χ0v) is 19.3. The van der Waals surface area contributed by atoms with E-state index >= 15 is 0 Å². The maximum atomic E-state index is 12.3. The van der Waals surface area contributed by atoms with Crippen LogP contribution in [-0.4, -0.2) is 35.1 Å². The van der Waals surface area contributed by atoms with Crippen LogP contribution in [-0.2, 0) is 10.3 Å². The minimum Gasteiger partial charge on any atom is -0.472 e. The van der Waals surface area contributed by atoms with Crippen LogP contribution in [0.3, 0.4) is 0 Å². The summed E-state index contributed by atoms with van der Waals surface area (Å²) in [5.41, 5.74) is 4.38. The van der Waals surface area contributed by atoms with Gasteiger partial charge in [0.25, 0.3) is 0 Å². The number of rotatable bonds is 5. The van der Waals surface area contributed by atoms with E-state index in [4.69, 9.17) is 14.9 Å². The van der Waals surface area contributed by atoms with Crippen LogP contribution in [0.4, 0.5) is 0 Å². The first kappa shape index (κ1) is 21.9. The summed E-state index contributed by atoms with van der Waals surface area (Å²) in [4.78, 5) is 0. The lowest BCUT2D eigenvalue weighted by Crippen LogP contribution is -2.64. The van der Waals surface area contributed by atoms with Crippen LogP contribution in [0, 0.1) is 28.6 Å². The lowest BCUT2D eigenvalue weighted by molar-refractivity contribution is -0.239. The van der Waals surface area contributed by atoms with E-state index in [0.29, 0.717) is 37.3 Å². The van der Waals surface area contributed by atoms with Crippen molar-refractivity contribution in [3.05, 3.63) is 24.2 Å². The van der Waals surface area contributed by atoms with E-state index < -0.39 is 16.6 Å². The number of furan rings is 1. The molecule has 4 saturated carbocycles. The molecular weight excluding hydrogens is 390 g/mol. The minimum absolute atomic E-state index is 0.267. The molecule has 0 aromatic carbocycles. The topological polar surface area (TPSA) is 88.9 Å². The van der Waals surface area contributed by atoms with Crippen LogP contribution in [0.1, 0.15) is 83.6 Å². The average Bonchev–Trinajstić information content (AvgIpc) is 3.36. The Morgan fingerprint density at radius 2 is 1.90 bits per heavy atom. The van der Waals surface area contributed by atoms with Crippen LogP contribution in [0.2, 0.25) is 0 Å². The predicted molar refractivity (Wildman–Crippen MR) is 119 cm³/mol. The van der Waals surface area contributed by atoms with Crippen LogP contribution in [0.15, 0.2) is 23.0 Å². The summed E-state index contributed by atoms with van der Waals surface area (Å²) in [6.07, 6.45) is 13.6. The van der Waals surface area contributed by atoms with Crippen molar-refractivity contribution in [1.82, 2.24) is 0 Å².